The molecule has 6 nitrogen and oxygen atoms in total. The largest absolute Gasteiger partial charge is 0.444 e. The first-order valence-corrected chi connectivity index (χ1v) is 7.95. The fourth-order valence-electron chi connectivity index (χ4n) is 1.80. The van der Waals surface area contributed by atoms with Crippen LogP contribution in [0.5, 0.6) is 0 Å². The predicted molar refractivity (Wildman–Crippen MR) is 92.3 cm³/mol. The highest BCUT2D eigenvalue weighted by Crippen LogP contribution is 2.07. The Kier molecular flexibility index (Phi) is 8.27. The Bertz CT molecular complexity index is 367. The highest BCUT2D eigenvalue weighted by molar-refractivity contribution is 5.80. The second-order valence-electron chi connectivity index (χ2n) is 7.46. The number of hydrogen-bond acceptors (Lipinski definition) is 3. The van der Waals surface area contributed by atoms with Crippen LogP contribution in [0, 0.1) is 0 Å². The highest BCUT2D eigenvalue weighted by atomic mass is 16.6. The summed E-state index contributed by atoms with van der Waals surface area (Å²) in [4.78, 5) is 16.1. The molecule has 1 unspecified atom stereocenters. The molecule has 0 radical (unpaired) electrons. The third-order valence-electron chi connectivity index (χ3n) is 2.59. The molecule has 0 aliphatic rings. The lowest BCUT2D eigenvalue weighted by Gasteiger charge is -2.26. The third-order valence-corrected chi connectivity index (χ3v) is 2.59. The fourth-order valence-corrected chi connectivity index (χ4v) is 1.80. The fraction of sp³-hybridized carbons (Fsp3) is 0.875. The molecule has 1 amide bonds. The van der Waals surface area contributed by atoms with Crippen molar-refractivity contribution >= 4 is 12.1 Å². The maximum absolute atomic E-state index is 11.9. The smallest absolute Gasteiger partial charge is 0.407 e. The lowest BCUT2D eigenvalue weighted by Crippen LogP contribution is -2.52. The SMILES string of the molecule is CCCC(CNC(=NC)NC(C)(C)C)NC(=O)OC(C)(C)C. The molecule has 0 spiro atoms. The molecule has 0 aromatic heterocycles. The Labute approximate surface area is 135 Å². The van der Waals surface area contributed by atoms with E-state index in [1.807, 2.05) is 20.8 Å². The van der Waals surface area contributed by atoms with Gasteiger partial charge in [0.1, 0.15) is 5.60 Å². The number of rotatable bonds is 5. The van der Waals surface area contributed by atoms with Gasteiger partial charge in [-0.05, 0) is 48.0 Å². The Morgan fingerprint density at radius 2 is 1.77 bits per heavy atom. The number of nitrogens with zero attached hydrogens (tertiary/aromatic N) is 1. The molecule has 0 heterocycles. The average Bonchev–Trinajstić information content (AvgIpc) is 2.30. The van der Waals surface area contributed by atoms with Gasteiger partial charge in [0.25, 0.3) is 0 Å². The van der Waals surface area contributed by atoms with Crippen LogP contribution in [0.4, 0.5) is 4.79 Å². The minimum absolute atomic E-state index is 0.00151. The number of aliphatic imine (C=N–C) groups is 1. The molecule has 22 heavy (non-hydrogen) atoms. The summed E-state index contributed by atoms with van der Waals surface area (Å²) in [5, 5.41) is 9.45. The van der Waals surface area contributed by atoms with E-state index in [1.54, 1.807) is 7.05 Å². The average molecular weight is 314 g/mol. The Morgan fingerprint density at radius 1 is 1.18 bits per heavy atom. The van der Waals surface area contributed by atoms with E-state index >= 15 is 0 Å². The van der Waals surface area contributed by atoms with Crippen molar-refractivity contribution in [2.45, 2.75) is 78.5 Å². The van der Waals surface area contributed by atoms with Crippen molar-refractivity contribution in [2.24, 2.45) is 4.99 Å². The lowest BCUT2D eigenvalue weighted by atomic mass is 10.1. The van der Waals surface area contributed by atoms with Crippen molar-refractivity contribution in [3.63, 3.8) is 0 Å². The number of nitrogens with one attached hydrogen (secondary N) is 3. The molecule has 0 saturated heterocycles. The zero-order valence-electron chi connectivity index (χ0n) is 15.5. The first kappa shape index (κ1) is 20.5. The van der Waals surface area contributed by atoms with E-state index in [2.05, 4.69) is 48.6 Å². The molecule has 3 N–H and O–H groups in total. The number of alkyl carbamates (subject to hydrolysis) is 1. The van der Waals surface area contributed by atoms with E-state index in [-0.39, 0.29) is 17.7 Å². The van der Waals surface area contributed by atoms with Crippen LogP contribution in [0.1, 0.15) is 61.3 Å². The summed E-state index contributed by atoms with van der Waals surface area (Å²) in [6.45, 7) is 14.5. The van der Waals surface area contributed by atoms with Gasteiger partial charge in [0.15, 0.2) is 5.96 Å². The van der Waals surface area contributed by atoms with Crippen LogP contribution in [0.15, 0.2) is 4.99 Å². The minimum atomic E-state index is -0.488. The summed E-state index contributed by atoms with van der Waals surface area (Å²) in [6, 6.07) is -0.00151. The summed E-state index contributed by atoms with van der Waals surface area (Å²) in [6.07, 6.45) is 1.47. The van der Waals surface area contributed by atoms with Crippen LogP contribution >= 0.6 is 0 Å². The molecule has 1 atom stereocenters. The zero-order valence-corrected chi connectivity index (χ0v) is 15.5. The third kappa shape index (κ3) is 11.2. The topological polar surface area (TPSA) is 74.8 Å². The second-order valence-corrected chi connectivity index (χ2v) is 7.46. The molecule has 0 rings (SSSR count). The minimum Gasteiger partial charge on any atom is -0.444 e. The van der Waals surface area contributed by atoms with E-state index in [9.17, 15) is 4.79 Å². The summed E-state index contributed by atoms with van der Waals surface area (Å²) in [5.74, 6) is 0.722. The number of hydrogen-bond donors (Lipinski definition) is 3. The number of carbonyl (C=O) groups excluding carboxylic acids is 1. The summed E-state index contributed by atoms with van der Waals surface area (Å²) >= 11 is 0. The van der Waals surface area contributed by atoms with Crippen LogP contribution in [0.3, 0.4) is 0 Å². The normalized spacial score (nSPS) is 14.3. The van der Waals surface area contributed by atoms with Crippen molar-refractivity contribution in [1.29, 1.82) is 0 Å². The van der Waals surface area contributed by atoms with E-state index in [4.69, 9.17) is 4.74 Å². The van der Waals surface area contributed by atoms with Gasteiger partial charge >= 0.3 is 6.09 Å². The Balaban J connectivity index is 4.49. The first-order valence-electron chi connectivity index (χ1n) is 7.95. The van der Waals surface area contributed by atoms with Gasteiger partial charge in [0, 0.05) is 25.2 Å². The van der Waals surface area contributed by atoms with E-state index < -0.39 is 5.60 Å². The molecule has 0 saturated carbocycles. The standard InChI is InChI=1S/C16H34N4O2/c1-9-10-12(19-14(21)22-16(5,6)7)11-18-13(17-8)20-15(2,3)4/h12H,9-11H2,1-8H3,(H,19,21)(H2,17,18,20). The molecule has 0 aliphatic carbocycles. The maximum atomic E-state index is 11.9. The van der Waals surface area contributed by atoms with Gasteiger partial charge in [-0.15, -0.1) is 0 Å². The van der Waals surface area contributed by atoms with Gasteiger partial charge in [0.05, 0.1) is 0 Å². The molecule has 6 heteroatoms. The number of ether oxygens (including phenoxy) is 1. The van der Waals surface area contributed by atoms with Crippen molar-refractivity contribution in [3.8, 4) is 0 Å². The van der Waals surface area contributed by atoms with Crippen LogP contribution in [-0.4, -0.2) is 42.8 Å². The quantitative estimate of drug-likeness (QED) is 0.539. The summed E-state index contributed by atoms with van der Waals surface area (Å²) in [5.41, 5.74) is -0.557. The van der Waals surface area contributed by atoms with Crippen molar-refractivity contribution in [2.75, 3.05) is 13.6 Å². The van der Waals surface area contributed by atoms with Crippen LogP contribution in [0.25, 0.3) is 0 Å². The van der Waals surface area contributed by atoms with Crippen molar-refractivity contribution < 1.29 is 9.53 Å². The number of amides is 1. The van der Waals surface area contributed by atoms with E-state index in [0.29, 0.717) is 6.54 Å². The molecular weight excluding hydrogens is 280 g/mol. The van der Waals surface area contributed by atoms with E-state index in [1.165, 1.54) is 0 Å². The molecule has 0 aromatic carbocycles. The maximum Gasteiger partial charge on any atom is 0.407 e. The van der Waals surface area contributed by atoms with Crippen LogP contribution in [-0.2, 0) is 4.74 Å². The van der Waals surface area contributed by atoms with Crippen molar-refractivity contribution in [1.82, 2.24) is 16.0 Å². The molecule has 0 bridgehead atoms. The van der Waals surface area contributed by atoms with Gasteiger partial charge in [-0.3, -0.25) is 4.99 Å². The monoisotopic (exact) mass is 314 g/mol. The van der Waals surface area contributed by atoms with Gasteiger partial charge in [-0.1, -0.05) is 13.3 Å². The highest BCUT2D eigenvalue weighted by Gasteiger charge is 2.20. The van der Waals surface area contributed by atoms with Gasteiger partial charge in [0.2, 0.25) is 0 Å². The summed E-state index contributed by atoms with van der Waals surface area (Å²) in [7, 11) is 1.73. The van der Waals surface area contributed by atoms with Gasteiger partial charge in [-0.2, -0.15) is 0 Å². The van der Waals surface area contributed by atoms with Gasteiger partial charge in [-0.25, -0.2) is 4.79 Å². The van der Waals surface area contributed by atoms with Crippen molar-refractivity contribution in [3.05, 3.63) is 0 Å². The van der Waals surface area contributed by atoms with Crippen LogP contribution in [0.2, 0.25) is 0 Å². The first-order chi connectivity index (χ1) is 9.96. The number of guanidine groups is 1. The Morgan fingerprint density at radius 3 is 2.18 bits per heavy atom. The molecule has 0 aromatic rings. The van der Waals surface area contributed by atoms with E-state index in [0.717, 1.165) is 18.8 Å². The lowest BCUT2D eigenvalue weighted by molar-refractivity contribution is 0.0502. The molecule has 0 fully saturated rings. The zero-order chi connectivity index (χ0) is 17.4. The van der Waals surface area contributed by atoms with Gasteiger partial charge < -0.3 is 20.7 Å². The summed E-state index contributed by atoms with van der Waals surface area (Å²) < 4.78 is 5.30. The Hall–Kier alpha value is -1.46. The molecular formula is C16H34N4O2. The molecule has 0 aliphatic heterocycles. The molecule has 130 valence electrons. The number of carbonyl (C=O) groups is 1. The van der Waals surface area contributed by atoms with Crippen LogP contribution < -0.4 is 16.0 Å². The predicted octanol–water partition coefficient (Wildman–Crippen LogP) is 2.64. The second kappa shape index (κ2) is 8.86.